The molecule has 1 unspecified atom stereocenters. The maximum absolute atomic E-state index is 9.36. The number of rotatable bonds is 6. The van der Waals surface area contributed by atoms with Crippen molar-refractivity contribution in [2.45, 2.75) is 45.1 Å². The van der Waals surface area contributed by atoms with E-state index in [1.165, 1.54) is 44.3 Å². The van der Waals surface area contributed by atoms with E-state index in [-0.39, 0.29) is 0 Å². The number of phenols is 1. The summed E-state index contributed by atoms with van der Waals surface area (Å²) in [7, 11) is 0. The van der Waals surface area contributed by atoms with Gasteiger partial charge in [-0.05, 0) is 50.0 Å². The number of aromatic hydroxyl groups is 1. The lowest BCUT2D eigenvalue weighted by Gasteiger charge is -2.23. The van der Waals surface area contributed by atoms with E-state index < -0.39 is 0 Å². The van der Waals surface area contributed by atoms with Crippen molar-refractivity contribution in [2.24, 2.45) is 0 Å². The number of nitrogens with one attached hydrogen (secondary N) is 1. The predicted molar refractivity (Wildman–Crippen MR) is 84.0 cm³/mol. The zero-order valence-corrected chi connectivity index (χ0v) is 12.6. The molecule has 1 atom stereocenters. The van der Waals surface area contributed by atoms with Crippen molar-refractivity contribution < 1.29 is 5.11 Å². The maximum Gasteiger partial charge on any atom is 0.115 e. The van der Waals surface area contributed by atoms with E-state index in [1.807, 2.05) is 12.1 Å². The SMILES string of the molecule is CCC(NCCN1CCCCCC1)c1ccc(O)cc1. The van der Waals surface area contributed by atoms with Gasteiger partial charge in [0.05, 0.1) is 0 Å². The third-order valence-electron chi connectivity index (χ3n) is 4.22. The monoisotopic (exact) mass is 276 g/mol. The molecule has 0 radical (unpaired) electrons. The van der Waals surface area contributed by atoms with Crippen molar-refractivity contribution in [3.63, 3.8) is 0 Å². The van der Waals surface area contributed by atoms with Crippen molar-refractivity contribution in [2.75, 3.05) is 26.2 Å². The van der Waals surface area contributed by atoms with Crippen molar-refractivity contribution in [1.29, 1.82) is 0 Å². The van der Waals surface area contributed by atoms with Gasteiger partial charge in [-0.25, -0.2) is 0 Å². The molecule has 1 saturated heterocycles. The second-order valence-electron chi connectivity index (χ2n) is 5.76. The Hall–Kier alpha value is -1.06. The summed E-state index contributed by atoms with van der Waals surface area (Å²) < 4.78 is 0. The van der Waals surface area contributed by atoms with Crippen LogP contribution in [0.4, 0.5) is 0 Å². The lowest BCUT2D eigenvalue weighted by Crippen LogP contribution is -2.34. The summed E-state index contributed by atoms with van der Waals surface area (Å²) in [4.78, 5) is 2.59. The van der Waals surface area contributed by atoms with E-state index in [4.69, 9.17) is 0 Å². The minimum absolute atomic E-state index is 0.341. The Bertz CT molecular complexity index is 369. The second kappa shape index (κ2) is 8.28. The smallest absolute Gasteiger partial charge is 0.115 e. The zero-order valence-electron chi connectivity index (χ0n) is 12.6. The molecule has 0 amide bonds. The van der Waals surface area contributed by atoms with Gasteiger partial charge in [-0.1, -0.05) is 31.9 Å². The molecule has 0 bridgehead atoms. The lowest BCUT2D eigenvalue weighted by atomic mass is 10.0. The predicted octanol–water partition coefficient (Wildman–Crippen LogP) is 3.31. The number of hydrogen-bond acceptors (Lipinski definition) is 3. The Morgan fingerprint density at radius 3 is 2.35 bits per heavy atom. The van der Waals surface area contributed by atoms with Crippen LogP contribution >= 0.6 is 0 Å². The first-order chi connectivity index (χ1) is 9.79. The Balaban J connectivity index is 1.77. The van der Waals surface area contributed by atoms with E-state index in [9.17, 15) is 5.11 Å². The van der Waals surface area contributed by atoms with Crippen LogP contribution in [0.15, 0.2) is 24.3 Å². The van der Waals surface area contributed by atoms with Crippen LogP contribution in [0.3, 0.4) is 0 Å². The Morgan fingerprint density at radius 2 is 1.75 bits per heavy atom. The van der Waals surface area contributed by atoms with Gasteiger partial charge in [-0.15, -0.1) is 0 Å². The Kier molecular flexibility index (Phi) is 6.34. The standard InChI is InChI=1S/C17H28N2O/c1-2-17(15-7-9-16(20)10-8-15)18-11-14-19-12-5-3-4-6-13-19/h7-10,17-18,20H,2-6,11-14H2,1H3. The van der Waals surface area contributed by atoms with Crippen molar-refractivity contribution in [1.82, 2.24) is 10.2 Å². The fourth-order valence-corrected chi connectivity index (χ4v) is 2.96. The normalized spacial score (nSPS) is 18.6. The summed E-state index contributed by atoms with van der Waals surface area (Å²) in [5.41, 5.74) is 1.26. The maximum atomic E-state index is 9.36. The molecule has 0 aromatic heterocycles. The van der Waals surface area contributed by atoms with Crippen molar-refractivity contribution in [3.8, 4) is 5.75 Å². The number of likely N-dealkylation sites (tertiary alicyclic amines) is 1. The van der Waals surface area contributed by atoms with Gasteiger partial charge in [0.2, 0.25) is 0 Å². The number of hydrogen-bond donors (Lipinski definition) is 2. The molecule has 112 valence electrons. The van der Waals surface area contributed by atoms with E-state index in [2.05, 4.69) is 17.1 Å². The third-order valence-corrected chi connectivity index (χ3v) is 4.22. The van der Waals surface area contributed by atoms with Gasteiger partial charge < -0.3 is 15.3 Å². The van der Waals surface area contributed by atoms with E-state index >= 15 is 0 Å². The van der Waals surface area contributed by atoms with Gasteiger partial charge in [0.1, 0.15) is 5.75 Å². The van der Waals surface area contributed by atoms with Gasteiger partial charge in [-0.2, -0.15) is 0 Å². The molecule has 0 spiro atoms. The van der Waals surface area contributed by atoms with Crippen LogP contribution in [0.2, 0.25) is 0 Å². The summed E-state index contributed by atoms with van der Waals surface area (Å²) in [5.74, 6) is 0.341. The lowest BCUT2D eigenvalue weighted by molar-refractivity contribution is 0.278. The Labute approximate surface area is 123 Å². The van der Waals surface area contributed by atoms with Crippen LogP contribution in [0, 0.1) is 0 Å². The minimum atomic E-state index is 0.341. The average molecular weight is 276 g/mol. The molecule has 3 heteroatoms. The molecule has 1 fully saturated rings. The molecule has 1 heterocycles. The van der Waals surface area contributed by atoms with Gasteiger partial charge in [0.15, 0.2) is 0 Å². The topological polar surface area (TPSA) is 35.5 Å². The third kappa shape index (κ3) is 4.80. The van der Waals surface area contributed by atoms with Crippen molar-refractivity contribution in [3.05, 3.63) is 29.8 Å². The number of nitrogens with zero attached hydrogens (tertiary/aromatic N) is 1. The summed E-state index contributed by atoms with van der Waals surface area (Å²) in [6.07, 6.45) is 6.58. The molecule has 20 heavy (non-hydrogen) atoms. The molecule has 1 aromatic rings. The van der Waals surface area contributed by atoms with Gasteiger partial charge in [-0.3, -0.25) is 0 Å². The minimum Gasteiger partial charge on any atom is -0.508 e. The summed E-state index contributed by atoms with van der Waals surface area (Å²) in [6, 6.07) is 7.97. The van der Waals surface area contributed by atoms with Gasteiger partial charge in [0.25, 0.3) is 0 Å². The number of phenolic OH excluding ortho intramolecular Hbond substituents is 1. The van der Waals surface area contributed by atoms with Crippen LogP contribution < -0.4 is 5.32 Å². The van der Waals surface area contributed by atoms with E-state index in [0.717, 1.165) is 19.5 Å². The zero-order chi connectivity index (χ0) is 14.2. The molecule has 1 aliphatic heterocycles. The number of benzene rings is 1. The highest BCUT2D eigenvalue weighted by atomic mass is 16.3. The first kappa shape index (κ1) is 15.3. The fourth-order valence-electron chi connectivity index (χ4n) is 2.96. The Morgan fingerprint density at radius 1 is 1.10 bits per heavy atom. The first-order valence-electron chi connectivity index (χ1n) is 8.04. The largest absolute Gasteiger partial charge is 0.508 e. The van der Waals surface area contributed by atoms with Gasteiger partial charge in [0, 0.05) is 19.1 Å². The molecule has 0 saturated carbocycles. The fraction of sp³-hybridized carbons (Fsp3) is 0.647. The molecule has 2 N–H and O–H groups in total. The molecule has 3 nitrogen and oxygen atoms in total. The highest BCUT2D eigenvalue weighted by molar-refractivity contribution is 5.27. The average Bonchev–Trinajstić information content (AvgIpc) is 2.74. The summed E-state index contributed by atoms with van der Waals surface area (Å²) in [6.45, 7) is 6.92. The van der Waals surface area contributed by atoms with E-state index in [0.29, 0.717) is 11.8 Å². The van der Waals surface area contributed by atoms with Crippen LogP contribution in [0.25, 0.3) is 0 Å². The molecule has 1 aliphatic rings. The molecular formula is C17H28N2O. The molecule has 0 aliphatic carbocycles. The quantitative estimate of drug-likeness (QED) is 0.837. The van der Waals surface area contributed by atoms with Crippen LogP contribution in [-0.2, 0) is 0 Å². The van der Waals surface area contributed by atoms with E-state index in [1.54, 1.807) is 12.1 Å². The highest BCUT2D eigenvalue weighted by Gasteiger charge is 2.11. The highest BCUT2D eigenvalue weighted by Crippen LogP contribution is 2.19. The molecular weight excluding hydrogens is 248 g/mol. The summed E-state index contributed by atoms with van der Waals surface area (Å²) in [5, 5.41) is 13.0. The second-order valence-corrected chi connectivity index (χ2v) is 5.76. The van der Waals surface area contributed by atoms with Crippen molar-refractivity contribution >= 4 is 0 Å². The summed E-state index contributed by atoms with van der Waals surface area (Å²) >= 11 is 0. The first-order valence-corrected chi connectivity index (χ1v) is 8.04. The van der Waals surface area contributed by atoms with Crippen LogP contribution in [-0.4, -0.2) is 36.2 Å². The van der Waals surface area contributed by atoms with Gasteiger partial charge >= 0.3 is 0 Å². The van der Waals surface area contributed by atoms with Crippen LogP contribution in [0.5, 0.6) is 5.75 Å². The molecule has 1 aromatic carbocycles. The molecule has 2 rings (SSSR count). The van der Waals surface area contributed by atoms with Crippen LogP contribution in [0.1, 0.15) is 50.6 Å².